The van der Waals surface area contributed by atoms with E-state index < -0.39 is 0 Å². The van der Waals surface area contributed by atoms with E-state index in [1.807, 2.05) is 12.4 Å². The zero-order chi connectivity index (χ0) is 9.15. The van der Waals surface area contributed by atoms with E-state index in [1.54, 1.807) is 0 Å². The molecule has 0 radical (unpaired) electrons. The summed E-state index contributed by atoms with van der Waals surface area (Å²) in [5, 5.41) is 0. The van der Waals surface area contributed by atoms with E-state index in [4.69, 9.17) is 5.73 Å². The van der Waals surface area contributed by atoms with E-state index in [9.17, 15) is 0 Å². The predicted octanol–water partition coefficient (Wildman–Crippen LogP) is 1.75. The zero-order valence-electron chi connectivity index (χ0n) is 7.87. The summed E-state index contributed by atoms with van der Waals surface area (Å²) < 4.78 is 0. The van der Waals surface area contributed by atoms with Crippen LogP contribution in [0.1, 0.15) is 24.8 Å². The molecular weight excluding hydrogens is 160 g/mol. The van der Waals surface area contributed by atoms with Crippen molar-refractivity contribution in [1.29, 1.82) is 0 Å². The molecule has 2 heteroatoms. The van der Waals surface area contributed by atoms with Crippen molar-refractivity contribution < 1.29 is 0 Å². The minimum atomic E-state index is 0.552. The Morgan fingerprint density at radius 1 is 1.31 bits per heavy atom. The van der Waals surface area contributed by atoms with Crippen molar-refractivity contribution in [3.8, 4) is 0 Å². The average molecular weight is 176 g/mol. The van der Waals surface area contributed by atoms with E-state index in [1.165, 1.54) is 31.2 Å². The molecule has 2 rings (SSSR count). The number of pyridine rings is 1. The van der Waals surface area contributed by atoms with Gasteiger partial charge >= 0.3 is 0 Å². The van der Waals surface area contributed by atoms with E-state index in [0.717, 1.165) is 6.54 Å². The summed E-state index contributed by atoms with van der Waals surface area (Å²) in [5.41, 5.74) is 7.55. The molecule has 1 heterocycles. The first kappa shape index (κ1) is 8.70. The van der Waals surface area contributed by atoms with Crippen molar-refractivity contribution in [2.75, 3.05) is 6.54 Å². The molecule has 0 spiro atoms. The fraction of sp³-hybridized carbons (Fsp3) is 0.545. The molecule has 0 atom stereocenters. The topological polar surface area (TPSA) is 38.9 Å². The molecule has 0 aromatic carbocycles. The van der Waals surface area contributed by atoms with Crippen molar-refractivity contribution in [3.05, 3.63) is 30.1 Å². The standard InChI is InChI=1S/C11H16N2/c12-6-5-11(3-4-11)9-10-1-7-13-8-2-10/h1-2,7-8H,3-6,9,12H2. The second-order valence-corrected chi connectivity index (χ2v) is 4.07. The zero-order valence-corrected chi connectivity index (χ0v) is 7.87. The van der Waals surface area contributed by atoms with Crippen LogP contribution in [-0.2, 0) is 6.42 Å². The van der Waals surface area contributed by atoms with Gasteiger partial charge in [0, 0.05) is 12.4 Å². The van der Waals surface area contributed by atoms with Gasteiger partial charge in [-0.3, -0.25) is 4.98 Å². The van der Waals surface area contributed by atoms with E-state index in [2.05, 4.69) is 17.1 Å². The Kier molecular flexibility index (Phi) is 2.32. The SMILES string of the molecule is NCCC1(Cc2ccncc2)CC1. The predicted molar refractivity (Wildman–Crippen MR) is 53.3 cm³/mol. The number of hydrogen-bond acceptors (Lipinski definition) is 2. The molecule has 1 aromatic heterocycles. The van der Waals surface area contributed by atoms with Crippen LogP contribution in [-0.4, -0.2) is 11.5 Å². The summed E-state index contributed by atoms with van der Waals surface area (Å²) in [7, 11) is 0. The van der Waals surface area contributed by atoms with E-state index in [0.29, 0.717) is 5.41 Å². The van der Waals surface area contributed by atoms with Crippen molar-refractivity contribution in [3.63, 3.8) is 0 Å². The number of hydrogen-bond donors (Lipinski definition) is 1. The molecule has 1 fully saturated rings. The molecule has 70 valence electrons. The van der Waals surface area contributed by atoms with Crippen molar-refractivity contribution in [1.82, 2.24) is 4.98 Å². The fourth-order valence-corrected chi connectivity index (χ4v) is 1.93. The molecule has 1 saturated carbocycles. The van der Waals surface area contributed by atoms with Gasteiger partial charge in [-0.15, -0.1) is 0 Å². The third-order valence-corrected chi connectivity index (χ3v) is 2.96. The molecule has 0 saturated heterocycles. The van der Waals surface area contributed by atoms with Gasteiger partial charge in [0.15, 0.2) is 0 Å². The van der Waals surface area contributed by atoms with Crippen molar-refractivity contribution in [2.24, 2.45) is 11.1 Å². The van der Waals surface area contributed by atoms with Gasteiger partial charge in [0.2, 0.25) is 0 Å². The lowest BCUT2D eigenvalue weighted by Gasteiger charge is -2.12. The Bertz CT molecular complexity index is 265. The quantitative estimate of drug-likeness (QED) is 0.759. The van der Waals surface area contributed by atoms with Gasteiger partial charge in [-0.05, 0) is 55.3 Å². The smallest absolute Gasteiger partial charge is 0.0270 e. The molecule has 1 aromatic rings. The molecule has 2 nitrogen and oxygen atoms in total. The number of rotatable bonds is 4. The summed E-state index contributed by atoms with van der Waals surface area (Å²) in [6.45, 7) is 0.824. The Labute approximate surface area is 79.2 Å². The molecule has 0 bridgehead atoms. The Hall–Kier alpha value is -0.890. The number of nitrogens with two attached hydrogens (primary N) is 1. The normalized spacial score (nSPS) is 18.5. The Morgan fingerprint density at radius 3 is 2.54 bits per heavy atom. The van der Waals surface area contributed by atoms with Crippen LogP contribution >= 0.6 is 0 Å². The highest BCUT2D eigenvalue weighted by atomic mass is 14.6. The van der Waals surface area contributed by atoms with Crippen LogP contribution in [0.2, 0.25) is 0 Å². The first-order chi connectivity index (χ1) is 6.35. The van der Waals surface area contributed by atoms with Gasteiger partial charge in [-0.25, -0.2) is 0 Å². The maximum atomic E-state index is 5.60. The lowest BCUT2D eigenvalue weighted by Crippen LogP contribution is -2.11. The summed E-state index contributed by atoms with van der Waals surface area (Å²) in [4.78, 5) is 4.02. The minimum Gasteiger partial charge on any atom is -0.330 e. The molecule has 0 unspecified atom stereocenters. The molecule has 0 aliphatic heterocycles. The van der Waals surface area contributed by atoms with Gasteiger partial charge in [-0.2, -0.15) is 0 Å². The minimum absolute atomic E-state index is 0.552. The maximum Gasteiger partial charge on any atom is 0.0270 e. The number of aromatic nitrogens is 1. The Morgan fingerprint density at radius 2 is 2.00 bits per heavy atom. The number of nitrogens with zero attached hydrogens (tertiary/aromatic N) is 1. The van der Waals surface area contributed by atoms with Crippen LogP contribution in [0.5, 0.6) is 0 Å². The highest BCUT2D eigenvalue weighted by Gasteiger charge is 2.41. The highest BCUT2D eigenvalue weighted by molar-refractivity contribution is 5.15. The van der Waals surface area contributed by atoms with Gasteiger partial charge in [0.1, 0.15) is 0 Å². The summed E-state index contributed by atoms with van der Waals surface area (Å²) in [6, 6.07) is 4.22. The van der Waals surface area contributed by atoms with E-state index in [-0.39, 0.29) is 0 Å². The maximum absolute atomic E-state index is 5.60. The molecule has 1 aliphatic carbocycles. The van der Waals surface area contributed by atoms with Crippen LogP contribution in [0.25, 0.3) is 0 Å². The van der Waals surface area contributed by atoms with Gasteiger partial charge in [-0.1, -0.05) is 0 Å². The van der Waals surface area contributed by atoms with Crippen LogP contribution in [0.3, 0.4) is 0 Å². The molecule has 0 amide bonds. The summed E-state index contributed by atoms with van der Waals surface area (Å²) >= 11 is 0. The first-order valence-corrected chi connectivity index (χ1v) is 4.94. The van der Waals surface area contributed by atoms with Crippen LogP contribution in [0, 0.1) is 5.41 Å². The third-order valence-electron chi connectivity index (χ3n) is 2.96. The largest absolute Gasteiger partial charge is 0.330 e. The first-order valence-electron chi connectivity index (χ1n) is 4.94. The Balaban J connectivity index is 1.98. The van der Waals surface area contributed by atoms with Gasteiger partial charge in [0.05, 0.1) is 0 Å². The third kappa shape index (κ3) is 2.07. The van der Waals surface area contributed by atoms with E-state index >= 15 is 0 Å². The van der Waals surface area contributed by atoms with Gasteiger partial charge < -0.3 is 5.73 Å². The van der Waals surface area contributed by atoms with Crippen molar-refractivity contribution in [2.45, 2.75) is 25.7 Å². The molecule has 1 aliphatic rings. The highest BCUT2D eigenvalue weighted by Crippen LogP contribution is 2.50. The van der Waals surface area contributed by atoms with Crippen molar-refractivity contribution >= 4 is 0 Å². The second kappa shape index (κ2) is 3.46. The molecule has 13 heavy (non-hydrogen) atoms. The average Bonchev–Trinajstić information content (AvgIpc) is 2.87. The molecule has 2 N–H and O–H groups in total. The fourth-order valence-electron chi connectivity index (χ4n) is 1.93. The van der Waals surface area contributed by atoms with Crippen LogP contribution in [0.4, 0.5) is 0 Å². The lowest BCUT2D eigenvalue weighted by atomic mass is 9.94. The lowest BCUT2D eigenvalue weighted by molar-refractivity contribution is 0.471. The monoisotopic (exact) mass is 176 g/mol. The van der Waals surface area contributed by atoms with Crippen LogP contribution in [0.15, 0.2) is 24.5 Å². The molecular formula is C11H16N2. The second-order valence-electron chi connectivity index (χ2n) is 4.07. The summed E-state index contributed by atoms with van der Waals surface area (Å²) in [5.74, 6) is 0. The summed E-state index contributed by atoms with van der Waals surface area (Å²) in [6.07, 6.45) is 8.81. The van der Waals surface area contributed by atoms with Crippen LogP contribution < -0.4 is 5.73 Å². The van der Waals surface area contributed by atoms with Gasteiger partial charge in [0.25, 0.3) is 0 Å².